The summed E-state index contributed by atoms with van der Waals surface area (Å²) in [5, 5.41) is 0. The number of rotatable bonds is 2. The molecule has 0 fully saturated rings. The lowest BCUT2D eigenvalue weighted by atomic mass is 10.00. The van der Waals surface area contributed by atoms with Crippen LogP contribution in [0.2, 0.25) is 0 Å². The molecule has 1 heterocycles. The second kappa shape index (κ2) is 5.87. The number of hydrogen-bond donors (Lipinski definition) is 1. The van der Waals surface area contributed by atoms with Gasteiger partial charge >= 0.3 is 0 Å². The summed E-state index contributed by atoms with van der Waals surface area (Å²) in [5.41, 5.74) is 8.03. The predicted molar refractivity (Wildman–Crippen MR) is 66.5 cm³/mol. The Labute approximate surface area is 102 Å². The third-order valence-electron chi connectivity index (χ3n) is 2.84. The molecule has 0 saturated heterocycles. The molecule has 88 valence electrons. The quantitative estimate of drug-likeness (QED) is 0.848. The number of nitrogens with zero attached hydrogens (tertiary/aromatic N) is 1. The zero-order valence-corrected chi connectivity index (χ0v) is 10.0. The fourth-order valence-corrected chi connectivity index (χ4v) is 1.99. The van der Waals surface area contributed by atoms with Crippen molar-refractivity contribution < 1.29 is 4.79 Å². The lowest BCUT2D eigenvalue weighted by Gasteiger charge is -2.28. The fourth-order valence-electron chi connectivity index (χ4n) is 1.99. The third kappa shape index (κ3) is 2.74. The molecule has 4 heteroatoms. The van der Waals surface area contributed by atoms with Gasteiger partial charge in [0.1, 0.15) is 0 Å². The highest BCUT2D eigenvalue weighted by Gasteiger charge is 2.19. The molecule has 16 heavy (non-hydrogen) atoms. The van der Waals surface area contributed by atoms with Crippen LogP contribution in [-0.4, -0.2) is 23.9 Å². The van der Waals surface area contributed by atoms with Crippen molar-refractivity contribution in [3.63, 3.8) is 0 Å². The maximum Gasteiger partial charge on any atom is 0.224 e. The highest BCUT2D eigenvalue weighted by atomic mass is 35.5. The van der Waals surface area contributed by atoms with Crippen LogP contribution in [0.4, 0.5) is 0 Å². The monoisotopic (exact) mass is 240 g/mol. The number of carbonyl (C=O) groups excluding carboxylic acids is 1. The second-order valence-corrected chi connectivity index (χ2v) is 3.87. The van der Waals surface area contributed by atoms with Crippen LogP contribution in [0.1, 0.15) is 17.5 Å². The van der Waals surface area contributed by atoms with Crippen LogP contribution in [0, 0.1) is 0 Å². The first-order valence-corrected chi connectivity index (χ1v) is 5.36. The van der Waals surface area contributed by atoms with Gasteiger partial charge in [-0.15, -0.1) is 12.4 Å². The Morgan fingerprint density at radius 3 is 2.69 bits per heavy atom. The second-order valence-electron chi connectivity index (χ2n) is 3.87. The van der Waals surface area contributed by atoms with Gasteiger partial charge in [0.15, 0.2) is 0 Å². The molecule has 0 unspecified atom stereocenters. The molecule has 2 N–H and O–H groups in total. The number of hydrogen-bond acceptors (Lipinski definition) is 2. The van der Waals surface area contributed by atoms with Gasteiger partial charge in [0.25, 0.3) is 0 Å². The summed E-state index contributed by atoms with van der Waals surface area (Å²) < 4.78 is 0. The lowest BCUT2D eigenvalue weighted by Crippen LogP contribution is -2.36. The normalized spacial score (nSPS) is 13.9. The van der Waals surface area contributed by atoms with Crippen molar-refractivity contribution in [1.82, 2.24) is 4.90 Å². The van der Waals surface area contributed by atoms with Crippen molar-refractivity contribution in [3.8, 4) is 0 Å². The van der Waals surface area contributed by atoms with E-state index >= 15 is 0 Å². The van der Waals surface area contributed by atoms with Gasteiger partial charge in [-0.1, -0.05) is 24.3 Å². The van der Waals surface area contributed by atoms with Crippen LogP contribution < -0.4 is 5.73 Å². The maximum atomic E-state index is 11.7. The van der Waals surface area contributed by atoms with Crippen molar-refractivity contribution in [2.45, 2.75) is 19.4 Å². The van der Waals surface area contributed by atoms with Crippen LogP contribution >= 0.6 is 12.4 Å². The highest BCUT2D eigenvalue weighted by molar-refractivity contribution is 5.85. The first-order valence-electron chi connectivity index (χ1n) is 5.36. The molecule has 1 aromatic carbocycles. The Morgan fingerprint density at radius 1 is 1.31 bits per heavy atom. The Kier molecular flexibility index (Phi) is 4.77. The topological polar surface area (TPSA) is 46.3 Å². The third-order valence-corrected chi connectivity index (χ3v) is 2.84. The van der Waals surface area contributed by atoms with Gasteiger partial charge in [-0.2, -0.15) is 0 Å². The number of carbonyl (C=O) groups is 1. The van der Waals surface area contributed by atoms with E-state index in [1.807, 2.05) is 11.0 Å². The minimum Gasteiger partial charge on any atom is -0.338 e. The molecular formula is C12H17ClN2O. The van der Waals surface area contributed by atoms with Gasteiger partial charge in [0, 0.05) is 26.1 Å². The van der Waals surface area contributed by atoms with E-state index in [4.69, 9.17) is 5.73 Å². The first-order chi connectivity index (χ1) is 7.31. The van der Waals surface area contributed by atoms with Gasteiger partial charge in [0.2, 0.25) is 5.91 Å². The van der Waals surface area contributed by atoms with Crippen molar-refractivity contribution in [1.29, 1.82) is 0 Å². The molecule has 0 atom stereocenters. The number of nitrogens with two attached hydrogens (primary N) is 1. The van der Waals surface area contributed by atoms with Gasteiger partial charge < -0.3 is 10.6 Å². The van der Waals surface area contributed by atoms with E-state index in [1.54, 1.807) is 0 Å². The van der Waals surface area contributed by atoms with Gasteiger partial charge in [-0.3, -0.25) is 4.79 Å². The number of amides is 1. The Hall–Kier alpha value is -1.06. The molecule has 0 bridgehead atoms. The molecule has 2 rings (SSSR count). The van der Waals surface area contributed by atoms with Crippen LogP contribution in [-0.2, 0) is 17.8 Å². The minimum absolute atomic E-state index is 0. The maximum absolute atomic E-state index is 11.7. The molecular weight excluding hydrogens is 224 g/mol. The summed E-state index contributed by atoms with van der Waals surface area (Å²) >= 11 is 0. The average Bonchev–Trinajstić information content (AvgIpc) is 2.29. The molecule has 0 aliphatic carbocycles. The Balaban J connectivity index is 0.00000128. The Morgan fingerprint density at radius 2 is 2.00 bits per heavy atom. The SMILES string of the molecule is Cl.NCCC(=O)N1CCc2ccccc2C1. The van der Waals surface area contributed by atoms with Crippen molar-refractivity contribution >= 4 is 18.3 Å². The molecule has 0 spiro atoms. The van der Waals surface area contributed by atoms with Crippen LogP contribution in [0.3, 0.4) is 0 Å². The number of halogens is 1. The van der Waals surface area contributed by atoms with E-state index in [2.05, 4.69) is 18.2 Å². The number of benzene rings is 1. The number of fused-ring (bicyclic) bond motifs is 1. The highest BCUT2D eigenvalue weighted by Crippen LogP contribution is 2.18. The van der Waals surface area contributed by atoms with Gasteiger partial charge in [-0.25, -0.2) is 0 Å². The summed E-state index contributed by atoms with van der Waals surface area (Å²) in [7, 11) is 0. The van der Waals surface area contributed by atoms with Gasteiger partial charge in [0.05, 0.1) is 0 Å². The summed E-state index contributed by atoms with van der Waals surface area (Å²) in [4.78, 5) is 13.6. The molecule has 3 nitrogen and oxygen atoms in total. The molecule has 1 aliphatic heterocycles. The van der Waals surface area contributed by atoms with Crippen LogP contribution in [0.15, 0.2) is 24.3 Å². The Bertz CT molecular complexity index is 368. The lowest BCUT2D eigenvalue weighted by molar-refractivity contribution is -0.131. The van der Waals surface area contributed by atoms with E-state index in [9.17, 15) is 4.79 Å². The average molecular weight is 241 g/mol. The summed E-state index contributed by atoms with van der Waals surface area (Å²) in [6, 6.07) is 8.31. The minimum atomic E-state index is 0. The molecule has 1 aromatic rings. The zero-order valence-electron chi connectivity index (χ0n) is 9.19. The van der Waals surface area contributed by atoms with E-state index in [-0.39, 0.29) is 18.3 Å². The van der Waals surface area contributed by atoms with Crippen molar-refractivity contribution in [2.24, 2.45) is 5.73 Å². The zero-order chi connectivity index (χ0) is 10.7. The summed E-state index contributed by atoms with van der Waals surface area (Å²) in [6.07, 6.45) is 1.43. The first kappa shape index (κ1) is 13.0. The van der Waals surface area contributed by atoms with E-state index in [1.165, 1.54) is 11.1 Å². The largest absolute Gasteiger partial charge is 0.338 e. The van der Waals surface area contributed by atoms with Crippen molar-refractivity contribution in [2.75, 3.05) is 13.1 Å². The molecule has 0 aromatic heterocycles. The van der Waals surface area contributed by atoms with E-state index in [0.29, 0.717) is 13.0 Å². The summed E-state index contributed by atoms with van der Waals surface area (Å²) in [6.45, 7) is 2.02. The summed E-state index contributed by atoms with van der Waals surface area (Å²) in [5.74, 6) is 0.173. The van der Waals surface area contributed by atoms with E-state index < -0.39 is 0 Å². The fraction of sp³-hybridized carbons (Fsp3) is 0.417. The predicted octanol–water partition coefficient (Wildman–Crippen LogP) is 1.34. The van der Waals surface area contributed by atoms with E-state index in [0.717, 1.165) is 19.5 Å². The molecule has 1 amide bonds. The van der Waals surface area contributed by atoms with Crippen LogP contribution in [0.5, 0.6) is 0 Å². The molecule has 1 aliphatic rings. The molecule has 0 saturated carbocycles. The smallest absolute Gasteiger partial charge is 0.224 e. The standard InChI is InChI=1S/C12H16N2O.ClH/c13-7-5-12(15)14-8-6-10-3-1-2-4-11(10)9-14;/h1-4H,5-9,13H2;1H. The van der Waals surface area contributed by atoms with Crippen LogP contribution in [0.25, 0.3) is 0 Å². The van der Waals surface area contributed by atoms with Gasteiger partial charge in [-0.05, 0) is 17.5 Å². The van der Waals surface area contributed by atoms with Crippen molar-refractivity contribution in [3.05, 3.63) is 35.4 Å². The molecule has 0 radical (unpaired) electrons.